The minimum absolute atomic E-state index is 0.868. The quantitative estimate of drug-likeness (QED) is 0.779. The van der Waals surface area contributed by atoms with Gasteiger partial charge in [-0.2, -0.15) is 0 Å². The van der Waals surface area contributed by atoms with Crippen LogP contribution < -0.4 is 0 Å². The number of nitrogens with zero attached hydrogens (tertiary/aromatic N) is 2. The van der Waals surface area contributed by atoms with Crippen LogP contribution >= 0.6 is 15.9 Å². The van der Waals surface area contributed by atoms with E-state index in [1.165, 1.54) is 0 Å². The zero-order valence-electron chi connectivity index (χ0n) is 7.69. The number of hydrogen-bond acceptors (Lipinski definition) is 2. The van der Waals surface area contributed by atoms with E-state index in [9.17, 15) is 0 Å². The van der Waals surface area contributed by atoms with Gasteiger partial charge in [0.15, 0.2) is 0 Å². The molecule has 0 aliphatic rings. The van der Waals surface area contributed by atoms with Crippen molar-refractivity contribution in [2.75, 3.05) is 0 Å². The summed E-state index contributed by atoms with van der Waals surface area (Å²) in [4.78, 5) is 8.68. The molecule has 0 fully saturated rings. The second-order valence-corrected chi connectivity index (χ2v) is 3.48. The van der Waals surface area contributed by atoms with Crippen LogP contribution in [0.15, 0.2) is 4.47 Å². The van der Waals surface area contributed by atoms with Crippen molar-refractivity contribution in [2.24, 2.45) is 0 Å². The standard InChI is InChI=1S/C9H13BrN2/c1-4-7-9(10)8(5-2)12-6(3)11-7/h4-5H2,1-3H3. The predicted octanol–water partition coefficient (Wildman–Crippen LogP) is 2.67. The van der Waals surface area contributed by atoms with E-state index < -0.39 is 0 Å². The average molecular weight is 229 g/mol. The number of halogens is 1. The van der Waals surface area contributed by atoms with Crippen LogP contribution in [0.1, 0.15) is 31.1 Å². The molecule has 1 aromatic heterocycles. The van der Waals surface area contributed by atoms with E-state index in [0.29, 0.717) is 0 Å². The van der Waals surface area contributed by atoms with Crippen LogP contribution in [0.2, 0.25) is 0 Å². The lowest BCUT2D eigenvalue weighted by Crippen LogP contribution is -2.01. The molecule has 0 saturated carbocycles. The Morgan fingerprint density at radius 3 is 1.83 bits per heavy atom. The van der Waals surface area contributed by atoms with Crippen molar-refractivity contribution in [3.05, 3.63) is 21.7 Å². The topological polar surface area (TPSA) is 25.8 Å². The molecule has 66 valence electrons. The van der Waals surface area contributed by atoms with E-state index in [-0.39, 0.29) is 0 Å². The normalized spacial score (nSPS) is 10.3. The van der Waals surface area contributed by atoms with Gasteiger partial charge < -0.3 is 0 Å². The van der Waals surface area contributed by atoms with Crippen molar-refractivity contribution in [1.82, 2.24) is 9.97 Å². The monoisotopic (exact) mass is 228 g/mol. The van der Waals surface area contributed by atoms with Crippen molar-refractivity contribution in [2.45, 2.75) is 33.6 Å². The maximum atomic E-state index is 4.34. The fourth-order valence-electron chi connectivity index (χ4n) is 1.15. The molecule has 0 bridgehead atoms. The molecule has 0 radical (unpaired) electrons. The third kappa shape index (κ3) is 1.83. The molecule has 0 aliphatic heterocycles. The molecule has 12 heavy (non-hydrogen) atoms. The van der Waals surface area contributed by atoms with Gasteiger partial charge in [-0.3, -0.25) is 0 Å². The molecule has 0 unspecified atom stereocenters. The first-order valence-corrected chi connectivity index (χ1v) is 5.00. The Kier molecular flexibility index (Phi) is 3.20. The third-order valence-electron chi connectivity index (χ3n) is 1.77. The van der Waals surface area contributed by atoms with E-state index in [2.05, 4.69) is 39.7 Å². The van der Waals surface area contributed by atoms with Gasteiger partial charge in [-0.1, -0.05) is 13.8 Å². The minimum Gasteiger partial charge on any atom is -0.237 e. The van der Waals surface area contributed by atoms with E-state index in [4.69, 9.17) is 0 Å². The van der Waals surface area contributed by atoms with E-state index in [0.717, 1.165) is 34.5 Å². The van der Waals surface area contributed by atoms with Crippen molar-refractivity contribution < 1.29 is 0 Å². The lowest BCUT2D eigenvalue weighted by molar-refractivity contribution is 0.879. The summed E-state index contributed by atoms with van der Waals surface area (Å²) in [5.41, 5.74) is 2.22. The molecular weight excluding hydrogens is 216 g/mol. The van der Waals surface area contributed by atoms with Gasteiger partial charge in [0.25, 0.3) is 0 Å². The molecule has 0 spiro atoms. The van der Waals surface area contributed by atoms with Gasteiger partial charge in [-0.25, -0.2) is 9.97 Å². The molecule has 0 amide bonds. The van der Waals surface area contributed by atoms with Crippen molar-refractivity contribution >= 4 is 15.9 Å². The molecule has 2 nitrogen and oxygen atoms in total. The molecule has 0 aromatic carbocycles. The summed E-state index contributed by atoms with van der Waals surface area (Å²) in [6.07, 6.45) is 1.91. The molecule has 1 rings (SSSR count). The van der Waals surface area contributed by atoms with Crippen LogP contribution in [0.4, 0.5) is 0 Å². The molecule has 0 N–H and O–H groups in total. The molecule has 0 aliphatic carbocycles. The smallest absolute Gasteiger partial charge is 0.125 e. The largest absolute Gasteiger partial charge is 0.237 e. The van der Waals surface area contributed by atoms with E-state index in [1.54, 1.807) is 0 Å². The number of rotatable bonds is 2. The molecule has 1 heterocycles. The summed E-state index contributed by atoms with van der Waals surface area (Å²) in [5.74, 6) is 0.868. The average Bonchev–Trinajstić information content (AvgIpc) is 2.08. The fraction of sp³-hybridized carbons (Fsp3) is 0.556. The van der Waals surface area contributed by atoms with Gasteiger partial charge >= 0.3 is 0 Å². The number of hydrogen-bond donors (Lipinski definition) is 0. The zero-order valence-corrected chi connectivity index (χ0v) is 9.27. The van der Waals surface area contributed by atoms with Crippen LogP contribution in [0.5, 0.6) is 0 Å². The highest BCUT2D eigenvalue weighted by Crippen LogP contribution is 2.19. The van der Waals surface area contributed by atoms with Crippen LogP contribution in [-0.2, 0) is 12.8 Å². The van der Waals surface area contributed by atoms with Crippen molar-refractivity contribution in [3.63, 3.8) is 0 Å². The molecule has 3 heteroatoms. The Morgan fingerprint density at radius 2 is 1.50 bits per heavy atom. The number of aryl methyl sites for hydroxylation is 3. The van der Waals surface area contributed by atoms with Crippen molar-refractivity contribution in [3.8, 4) is 0 Å². The van der Waals surface area contributed by atoms with E-state index in [1.807, 2.05) is 6.92 Å². The highest BCUT2D eigenvalue weighted by atomic mass is 79.9. The van der Waals surface area contributed by atoms with Crippen LogP contribution in [0.25, 0.3) is 0 Å². The minimum atomic E-state index is 0.868. The Labute approximate surface area is 81.6 Å². The summed E-state index contributed by atoms with van der Waals surface area (Å²) in [7, 11) is 0. The maximum Gasteiger partial charge on any atom is 0.125 e. The predicted molar refractivity (Wildman–Crippen MR) is 53.2 cm³/mol. The van der Waals surface area contributed by atoms with Gasteiger partial charge in [-0.05, 0) is 35.7 Å². The third-order valence-corrected chi connectivity index (χ3v) is 2.69. The Balaban J connectivity index is 3.22. The maximum absolute atomic E-state index is 4.34. The molecule has 0 atom stereocenters. The highest BCUT2D eigenvalue weighted by molar-refractivity contribution is 9.10. The van der Waals surface area contributed by atoms with Gasteiger partial charge in [-0.15, -0.1) is 0 Å². The van der Waals surface area contributed by atoms with Gasteiger partial charge in [0.1, 0.15) is 5.82 Å². The second-order valence-electron chi connectivity index (χ2n) is 2.69. The highest BCUT2D eigenvalue weighted by Gasteiger charge is 2.06. The summed E-state index contributed by atoms with van der Waals surface area (Å²) in [5, 5.41) is 0. The number of aromatic nitrogens is 2. The second kappa shape index (κ2) is 3.99. The molecule has 1 aromatic rings. The van der Waals surface area contributed by atoms with Crippen molar-refractivity contribution in [1.29, 1.82) is 0 Å². The van der Waals surface area contributed by atoms with Gasteiger partial charge in [0, 0.05) is 0 Å². The Bertz CT molecular complexity index is 259. The molecular formula is C9H13BrN2. The summed E-state index contributed by atoms with van der Waals surface area (Å²) in [6, 6.07) is 0. The molecule has 0 saturated heterocycles. The lowest BCUT2D eigenvalue weighted by Gasteiger charge is -2.06. The van der Waals surface area contributed by atoms with E-state index >= 15 is 0 Å². The van der Waals surface area contributed by atoms with Crippen LogP contribution in [0, 0.1) is 6.92 Å². The van der Waals surface area contributed by atoms with Gasteiger partial charge in [0.05, 0.1) is 15.9 Å². The fourth-order valence-corrected chi connectivity index (χ4v) is 1.89. The first-order valence-electron chi connectivity index (χ1n) is 4.20. The Morgan fingerprint density at radius 1 is 1.08 bits per heavy atom. The lowest BCUT2D eigenvalue weighted by atomic mass is 10.2. The summed E-state index contributed by atoms with van der Waals surface area (Å²) < 4.78 is 1.08. The summed E-state index contributed by atoms with van der Waals surface area (Å²) >= 11 is 3.51. The van der Waals surface area contributed by atoms with Crippen LogP contribution in [-0.4, -0.2) is 9.97 Å². The first kappa shape index (κ1) is 9.65. The van der Waals surface area contributed by atoms with Gasteiger partial charge in [0.2, 0.25) is 0 Å². The SMILES string of the molecule is CCc1nc(C)nc(CC)c1Br. The van der Waals surface area contributed by atoms with Crippen LogP contribution in [0.3, 0.4) is 0 Å². The first-order chi connectivity index (χ1) is 5.69. The Hall–Kier alpha value is -0.440. The zero-order chi connectivity index (χ0) is 9.14. The summed E-state index contributed by atoms with van der Waals surface area (Å²) in [6.45, 7) is 6.14.